The van der Waals surface area contributed by atoms with Gasteiger partial charge in [0.25, 0.3) is 0 Å². The van der Waals surface area contributed by atoms with Crippen molar-refractivity contribution in [1.82, 2.24) is 4.98 Å². The standard InChI is InChI=1S/C21H17NO2S2/c1-14-18(20(23)9-7-16-5-3-11-25-16)13-19(15(2)22-14)21(24)10-8-17-6-4-12-26-17/h3-13H,1-2H3. The first kappa shape index (κ1) is 18.2. The molecule has 0 saturated carbocycles. The zero-order chi connectivity index (χ0) is 18.5. The lowest BCUT2D eigenvalue weighted by atomic mass is 10.0. The summed E-state index contributed by atoms with van der Waals surface area (Å²) in [4.78, 5) is 31.5. The van der Waals surface area contributed by atoms with Crippen molar-refractivity contribution in [2.24, 2.45) is 0 Å². The number of pyridine rings is 1. The number of hydrogen-bond donors (Lipinski definition) is 0. The van der Waals surface area contributed by atoms with Crippen molar-refractivity contribution in [3.63, 3.8) is 0 Å². The minimum absolute atomic E-state index is 0.153. The molecule has 3 aromatic heterocycles. The molecule has 0 amide bonds. The van der Waals surface area contributed by atoms with Crippen molar-refractivity contribution >= 4 is 46.4 Å². The molecule has 0 radical (unpaired) electrons. The molecule has 0 aromatic carbocycles. The maximum Gasteiger partial charge on any atom is 0.187 e. The second kappa shape index (κ2) is 8.17. The number of rotatable bonds is 6. The zero-order valence-electron chi connectivity index (χ0n) is 14.4. The van der Waals surface area contributed by atoms with E-state index in [0.717, 1.165) is 9.75 Å². The molecular formula is C21H17NO2S2. The van der Waals surface area contributed by atoms with Crippen LogP contribution < -0.4 is 0 Å². The van der Waals surface area contributed by atoms with Gasteiger partial charge in [0, 0.05) is 32.3 Å². The Bertz CT molecular complexity index is 904. The van der Waals surface area contributed by atoms with Gasteiger partial charge in [0.2, 0.25) is 0 Å². The molecule has 0 fully saturated rings. The third-order valence-electron chi connectivity index (χ3n) is 3.82. The van der Waals surface area contributed by atoms with Gasteiger partial charge in [-0.2, -0.15) is 0 Å². The van der Waals surface area contributed by atoms with Crippen molar-refractivity contribution < 1.29 is 9.59 Å². The molecule has 0 aliphatic carbocycles. The molecule has 0 bridgehead atoms. The fraction of sp³-hybridized carbons (Fsp3) is 0.0952. The fourth-order valence-electron chi connectivity index (χ4n) is 2.49. The molecule has 26 heavy (non-hydrogen) atoms. The number of thiophene rings is 2. The van der Waals surface area contributed by atoms with Gasteiger partial charge in [-0.15, -0.1) is 22.7 Å². The Hall–Kier alpha value is -2.63. The van der Waals surface area contributed by atoms with Gasteiger partial charge in [-0.3, -0.25) is 14.6 Å². The third kappa shape index (κ3) is 4.31. The molecule has 0 aliphatic heterocycles. The van der Waals surface area contributed by atoms with Crippen molar-refractivity contribution in [3.8, 4) is 0 Å². The highest BCUT2D eigenvalue weighted by atomic mass is 32.1. The molecule has 0 spiro atoms. The number of aryl methyl sites for hydroxylation is 2. The molecule has 5 heteroatoms. The normalized spacial score (nSPS) is 11.5. The third-order valence-corrected chi connectivity index (χ3v) is 5.49. The molecule has 3 nitrogen and oxygen atoms in total. The van der Waals surface area contributed by atoms with Gasteiger partial charge in [0.1, 0.15) is 0 Å². The Morgan fingerprint density at radius 2 is 1.31 bits per heavy atom. The molecule has 0 saturated heterocycles. The van der Waals surface area contributed by atoms with Crippen LogP contribution in [0.25, 0.3) is 12.2 Å². The molecule has 0 N–H and O–H groups in total. The van der Waals surface area contributed by atoms with Gasteiger partial charge >= 0.3 is 0 Å². The highest BCUT2D eigenvalue weighted by molar-refractivity contribution is 7.11. The Morgan fingerprint density at radius 1 is 0.846 bits per heavy atom. The minimum atomic E-state index is -0.153. The molecule has 3 rings (SSSR count). The summed E-state index contributed by atoms with van der Waals surface area (Å²) in [6.07, 6.45) is 6.62. The van der Waals surface area contributed by atoms with E-state index >= 15 is 0 Å². The van der Waals surface area contributed by atoms with Gasteiger partial charge in [-0.05, 0) is 67.1 Å². The molecule has 0 atom stereocenters. The van der Waals surface area contributed by atoms with E-state index in [9.17, 15) is 9.59 Å². The summed E-state index contributed by atoms with van der Waals surface area (Å²) in [6, 6.07) is 9.41. The summed E-state index contributed by atoms with van der Waals surface area (Å²) in [5, 5.41) is 3.92. The van der Waals surface area contributed by atoms with Gasteiger partial charge in [0.15, 0.2) is 11.6 Å². The summed E-state index contributed by atoms with van der Waals surface area (Å²) < 4.78 is 0. The van der Waals surface area contributed by atoms with Crippen molar-refractivity contribution in [2.45, 2.75) is 13.8 Å². The molecule has 3 heterocycles. The quantitative estimate of drug-likeness (QED) is 0.413. The van der Waals surface area contributed by atoms with Crippen LogP contribution in [0, 0.1) is 13.8 Å². The van der Waals surface area contributed by atoms with E-state index in [4.69, 9.17) is 0 Å². The van der Waals surface area contributed by atoms with E-state index in [1.165, 1.54) is 12.2 Å². The molecule has 3 aromatic rings. The summed E-state index contributed by atoms with van der Waals surface area (Å²) >= 11 is 3.13. The minimum Gasteiger partial charge on any atom is -0.289 e. The van der Waals surface area contributed by atoms with Gasteiger partial charge < -0.3 is 0 Å². The second-order valence-electron chi connectivity index (χ2n) is 5.68. The van der Waals surface area contributed by atoms with Crippen LogP contribution in [0.15, 0.2) is 53.2 Å². The SMILES string of the molecule is Cc1nc(C)c(C(=O)C=Cc2cccs2)cc1C(=O)C=Cc1cccs1. The largest absolute Gasteiger partial charge is 0.289 e. The zero-order valence-corrected chi connectivity index (χ0v) is 16.1. The number of hydrogen-bond acceptors (Lipinski definition) is 5. The first-order valence-electron chi connectivity index (χ1n) is 8.04. The van der Waals surface area contributed by atoms with Gasteiger partial charge in [-0.1, -0.05) is 12.1 Å². The first-order valence-corrected chi connectivity index (χ1v) is 9.80. The number of ketones is 2. The number of aromatic nitrogens is 1. The van der Waals surface area contributed by atoms with E-state index in [2.05, 4.69) is 4.98 Å². The highest BCUT2D eigenvalue weighted by Crippen LogP contribution is 2.18. The van der Waals surface area contributed by atoms with E-state index in [-0.39, 0.29) is 11.6 Å². The Kier molecular flexibility index (Phi) is 5.71. The van der Waals surface area contributed by atoms with Crippen molar-refractivity contribution in [1.29, 1.82) is 0 Å². The smallest absolute Gasteiger partial charge is 0.187 e. The monoisotopic (exact) mass is 379 g/mol. The molecule has 130 valence electrons. The van der Waals surface area contributed by atoms with E-state index in [1.807, 2.05) is 35.0 Å². The Morgan fingerprint density at radius 3 is 1.69 bits per heavy atom. The molecule has 0 unspecified atom stereocenters. The number of carbonyl (C=O) groups excluding carboxylic acids is 2. The van der Waals surface area contributed by atoms with Gasteiger partial charge in [0.05, 0.1) is 0 Å². The number of nitrogens with zero attached hydrogens (tertiary/aromatic N) is 1. The lowest BCUT2D eigenvalue weighted by Crippen LogP contribution is -2.08. The van der Waals surface area contributed by atoms with Crippen LogP contribution in [-0.2, 0) is 0 Å². The lowest BCUT2D eigenvalue weighted by Gasteiger charge is -2.07. The summed E-state index contributed by atoms with van der Waals surface area (Å²) in [5.74, 6) is -0.306. The summed E-state index contributed by atoms with van der Waals surface area (Å²) in [6.45, 7) is 3.57. The van der Waals surface area contributed by atoms with Crippen LogP contribution in [0.4, 0.5) is 0 Å². The lowest BCUT2D eigenvalue weighted by molar-refractivity contribution is 0.104. The predicted octanol–water partition coefficient (Wildman–Crippen LogP) is 5.61. The Balaban J connectivity index is 1.86. The first-order chi connectivity index (χ1) is 12.5. The van der Waals surface area contributed by atoms with E-state index in [0.29, 0.717) is 22.5 Å². The summed E-state index contributed by atoms with van der Waals surface area (Å²) in [7, 11) is 0. The topological polar surface area (TPSA) is 47.0 Å². The maximum atomic E-state index is 12.5. The average Bonchev–Trinajstić information content (AvgIpc) is 3.31. The van der Waals surface area contributed by atoms with E-state index < -0.39 is 0 Å². The maximum absolute atomic E-state index is 12.5. The number of allylic oxidation sites excluding steroid dienone is 2. The average molecular weight is 380 g/mol. The predicted molar refractivity (Wildman–Crippen MR) is 109 cm³/mol. The van der Waals surface area contributed by atoms with Gasteiger partial charge in [-0.25, -0.2) is 0 Å². The van der Waals surface area contributed by atoms with Crippen molar-refractivity contribution in [3.05, 3.63) is 85.5 Å². The van der Waals surface area contributed by atoms with Crippen LogP contribution in [0.3, 0.4) is 0 Å². The number of carbonyl (C=O) groups is 2. The molecule has 0 aliphatic rings. The van der Waals surface area contributed by atoms with Crippen LogP contribution in [0.5, 0.6) is 0 Å². The highest BCUT2D eigenvalue weighted by Gasteiger charge is 2.15. The fourth-order valence-corrected chi connectivity index (χ4v) is 3.73. The van der Waals surface area contributed by atoms with Crippen LogP contribution in [0.1, 0.15) is 41.9 Å². The molecular weight excluding hydrogens is 362 g/mol. The van der Waals surface area contributed by atoms with Crippen molar-refractivity contribution in [2.75, 3.05) is 0 Å². The van der Waals surface area contributed by atoms with Crippen LogP contribution in [-0.4, -0.2) is 16.6 Å². The van der Waals surface area contributed by atoms with Crippen LogP contribution >= 0.6 is 22.7 Å². The van der Waals surface area contributed by atoms with Crippen LogP contribution in [0.2, 0.25) is 0 Å². The Labute approximate surface area is 160 Å². The van der Waals surface area contributed by atoms with E-state index in [1.54, 1.807) is 54.7 Å². The summed E-state index contributed by atoms with van der Waals surface area (Å²) in [5.41, 5.74) is 2.16. The second-order valence-corrected chi connectivity index (χ2v) is 7.64.